The number of nitrogens with zero attached hydrogens (tertiary/aromatic N) is 1. The van der Waals surface area contributed by atoms with Crippen molar-refractivity contribution in [3.63, 3.8) is 0 Å². The van der Waals surface area contributed by atoms with Gasteiger partial charge in [-0.1, -0.05) is 13.8 Å². The first-order valence-electron chi connectivity index (χ1n) is 5.16. The lowest BCUT2D eigenvalue weighted by Gasteiger charge is -2.21. The van der Waals surface area contributed by atoms with E-state index in [1.54, 1.807) is 6.07 Å². The first-order chi connectivity index (χ1) is 7.91. The molecule has 0 aliphatic rings. The Morgan fingerprint density at radius 2 is 2.18 bits per heavy atom. The Kier molecular flexibility index (Phi) is 4.74. The standard InChI is InChI=1S/C11H14BrNO4/c1-7(2)5-13(6-9(14)15)11(16)10-8(12)3-4-17-10/h3-4,7H,5-6H2,1-2H3,(H,14,15). The van der Waals surface area contributed by atoms with Crippen LogP contribution in [0.1, 0.15) is 24.4 Å². The highest BCUT2D eigenvalue weighted by atomic mass is 79.9. The van der Waals surface area contributed by atoms with E-state index in [1.807, 2.05) is 13.8 Å². The molecule has 0 spiro atoms. The lowest BCUT2D eigenvalue weighted by atomic mass is 10.2. The molecule has 0 bridgehead atoms. The highest BCUT2D eigenvalue weighted by Gasteiger charge is 2.23. The number of carboxylic acid groups (broad SMARTS) is 1. The Morgan fingerprint density at radius 3 is 2.59 bits per heavy atom. The van der Waals surface area contributed by atoms with Crippen LogP contribution in [0.25, 0.3) is 0 Å². The highest BCUT2D eigenvalue weighted by Crippen LogP contribution is 2.19. The quantitative estimate of drug-likeness (QED) is 0.905. The molecule has 0 aliphatic heterocycles. The minimum absolute atomic E-state index is 0.131. The summed E-state index contributed by atoms with van der Waals surface area (Å²) >= 11 is 3.18. The third-order valence-electron chi connectivity index (χ3n) is 2.01. The first-order valence-corrected chi connectivity index (χ1v) is 5.95. The summed E-state index contributed by atoms with van der Waals surface area (Å²) in [4.78, 5) is 24.0. The summed E-state index contributed by atoms with van der Waals surface area (Å²) in [5.74, 6) is -1.14. The van der Waals surface area contributed by atoms with Crippen molar-refractivity contribution in [2.24, 2.45) is 5.92 Å². The fourth-order valence-electron chi connectivity index (χ4n) is 1.41. The summed E-state index contributed by atoms with van der Waals surface area (Å²) in [6.07, 6.45) is 1.38. The number of hydrogen-bond donors (Lipinski definition) is 1. The van der Waals surface area contributed by atoms with Crippen LogP contribution in [0.15, 0.2) is 21.2 Å². The highest BCUT2D eigenvalue weighted by molar-refractivity contribution is 9.10. The number of carboxylic acids is 1. The van der Waals surface area contributed by atoms with Crippen LogP contribution in [0.2, 0.25) is 0 Å². The molecule has 0 unspecified atom stereocenters. The molecule has 1 N–H and O–H groups in total. The Morgan fingerprint density at radius 1 is 1.53 bits per heavy atom. The second-order valence-electron chi connectivity index (χ2n) is 4.07. The number of amides is 1. The van der Waals surface area contributed by atoms with E-state index in [0.717, 1.165) is 0 Å². The molecule has 5 nitrogen and oxygen atoms in total. The number of halogens is 1. The molecule has 0 atom stereocenters. The molecular formula is C11H14BrNO4. The minimum atomic E-state index is -1.04. The SMILES string of the molecule is CC(C)CN(CC(=O)O)C(=O)c1occc1Br. The third-order valence-corrected chi connectivity index (χ3v) is 2.63. The van der Waals surface area contributed by atoms with Crippen molar-refractivity contribution in [1.29, 1.82) is 0 Å². The normalized spacial score (nSPS) is 10.6. The summed E-state index contributed by atoms with van der Waals surface area (Å²) in [5, 5.41) is 8.78. The van der Waals surface area contributed by atoms with Gasteiger partial charge in [-0.3, -0.25) is 9.59 Å². The van der Waals surface area contributed by atoms with Gasteiger partial charge < -0.3 is 14.4 Å². The predicted octanol–water partition coefficient (Wildman–Crippen LogP) is 2.22. The van der Waals surface area contributed by atoms with E-state index in [1.165, 1.54) is 11.2 Å². The maximum absolute atomic E-state index is 12.0. The maximum Gasteiger partial charge on any atom is 0.323 e. The third kappa shape index (κ3) is 3.89. The number of hydrogen-bond acceptors (Lipinski definition) is 3. The molecule has 0 radical (unpaired) electrons. The lowest BCUT2D eigenvalue weighted by Crippen LogP contribution is -2.38. The smallest absolute Gasteiger partial charge is 0.323 e. The molecule has 0 aliphatic carbocycles. The van der Waals surface area contributed by atoms with Gasteiger partial charge >= 0.3 is 5.97 Å². The van der Waals surface area contributed by atoms with E-state index < -0.39 is 11.9 Å². The van der Waals surface area contributed by atoms with Crippen LogP contribution in [0.5, 0.6) is 0 Å². The van der Waals surface area contributed by atoms with Crippen molar-refractivity contribution in [3.8, 4) is 0 Å². The molecule has 1 aromatic heterocycles. The number of aliphatic carboxylic acids is 1. The van der Waals surface area contributed by atoms with Crippen LogP contribution < -0.4 is 0 Å². The van der Waals surface area contributed by atoms with Crippen LogP contribution in [0.4, 0.5) is 0 Å². The van der Waals surface area contributed by atoms with Crippen molar-refractivity contribution >= 4 is 27.8 Å². The Labute approximate surface area is 108 Å². The van der Waals surface area contributed by atoms with Crippen molar-refractivity contribution in [3.05, 3.63) is 22.6 Å². The van der Waals surface area contributed by atoms with Crippen molar-refractivity contribution in [2.75, 3.05) is 13.1 Å². The van der Waals surface area contributed by atoms with Crippen molar-refractivity contribution < 1.29 is 19.1 Å². The molecule has 1 heterocycles. The number of carbonyl (C=O) groups is 2. The van der Waals surface area contributed by atoms with Gasteiger partial charge in [0.15, 0.2) is 0 Å². The number of rotatable bonds is 5. The number of carbonyl (C=O) groups excluding carboxylic acids is 1. The molecule has 0 saturated carbocycles. The van der Waals surface area contributed by atoms with Gasteiger partial charge in [0.2, 0.25) is 5.76 Å². The topological polar surface area (TPSA) is 70.8 Å². The largest absolute Gasteiger partial charge is 0.480 e. The summed E-state index contributed by atoms with van der Waals surface area (Å²) in [6, 6.07) is 1.60. The van der Waals surface area contributed by atoms with Crippen molar-refractivity contribution in [2.45, 2.75) is 13.8 Å². The average molecular weight is 304 g/mol. The van der Waals surface area contributed by atoms with Gasteiger partial charge in [0.25, 0.3) is 5.91 Å². The Hall–Kier alpha value is -1.30. The Balaban J connectivity index is 2.86. The molecular weight excluding hydrogens is 290 g/mol. The van der Waals surface area contributed by atoms with Gasteiger partial charge in [-0.25, -0.2) is 0 Å². The molecule has 1 rings (SSSR count). The van der Waals surface area contributed by atoms with Gasteiger partial charge in [-0.15, -0.1) is 0 Å². The van der Waals surface area contributed by atoms with E-state index >= 15 is 0 Å². The molecule has 0 saturated heterocycles. The molecule has 6 heteroatoms. The van der Waals surface area contributed by atoms with Gasteiger partial charge in [-0.2, -0.15) is 0 Å². The van der Waals surface area contributed by atoms with Crippen LogP contribution in [-0.2, 0) is 4.79 Å². The predicted molar refractivity (Wildman–Crippen MR) is 64.8 cm³/mol. The van der Waals surface area contributed by atoms with Gasteiger partial charge in [0.05, 0.1) is 10.7 Å². The van der Waals surface area contributed by atoms with E-state index in [0.29, 0.717) is 11.0 Å². The first kappa shape index (κ1) is 13.8. The molecule has 94 valence electrons. The Bertz CT molecular complexity index is 413. The van der Waals surface area contributed by atoms with E-state index in [9.17, 15) is 9.59 Å². The zero-order chi connectivity index (χ0) is 13.0. The number of furan rings is 1. The molecule has 0 aromatic carbocycles. The maximum atomic E-state index is 12.0. The lowest BCUT2D eigenvalue weighted by molar-refractivity contribution is -0.137. The molecule has 0 fully saturated rings. The van der Waals surface area contributed by atoms with Crippen LogP contribution in [0.3, 0.4) is 0 Å². The monoisotopic (exact) mass is 303 g/mol. The van der Waals surface area contributed by atoms with Gasteiger partial charge in [-0.05, 0) is 27.9 Å². The molecule has 1 aromatic rings. The second kappa shape index (κ2) is 5.86. The molecule has 17 heavy (non-hydrogen) atoms. The minimum Gasteiger partial charge on any atom is -0.480 e. The summed E-state index contributed by atoms with van der Waals surface area (Å²) in [7, 11) is 0. The van der Waals surface area contributed by atoms with Crippen LogP contribution in [-0.4, -0.2) is 35.0 Å². The van der Waals surface area contributed by atoms with E-state index in [4.69, 9.17) is 9.52 Å². The van der Waals surface area contributed by atoms with Crippen molar-refractivity contribution in [1.82, 2.24) is 4.90 Å². The summed E-state index contributed by atoms with van der Waals surface area (Å²) in [6.45, 7) is 3.88. The van der Waals surface area contributed by atoms with E-state index in [2.05, 4.69) is 15.9 Å². The van der Waals surface area contributed by atoms with Crippen LogP contribution >= 0.6 is 15.9 Å². The molecule has 1 amide bonds. The summed E-state index contributed by atoms with van der Waals surface area (Å²) < 4.78 is 5.57. The fourth-order valence-corrected chi connectivity index (χ4v) is 1.78. The zero-order valence-corrected chi connectivity index (χ0v) is 11.2. The average Bonchev–Trinajstić information content (AvgIpc) is 2.61. The fraction of sp³-hybridized carbons (Fsp3) is 0.455. The van der Waals surface area contributed by atoms with Crippen LogP contribution in [0, 0.1) is 5.92 Å². The van der Waals surface area contributed by atoms with Gasteiger partial charge in [0.1, 0.15) is 6.54 Å². The second-order valence-corrected chi connectivity index (χ2v) is 4.93. The summed E-state index contributed by atoms with van der Waals surface area (Å²) in [5.41, 5.74) is 0. The van der Waals surface area contributed by atoms with E-state index in [-0.39, 0.29) is 18.2 Å². The van der Waals surface area contributed by atoms with Gasteiger partial charge in [0, 0.05) is 6.54 Å². The zero-order valence-electron chi connectivity index (χ0n) is 9.64.